The lowest BCUT2D eigenvalue weighted by Crippen LogP contribution is -1.98. The second kappa shape index (κ2) is 4.15. The molecule has 1 rings (SSSR count). The van der Waals surface area contributed by atoms with Gasteiger partial charge < -0.3 is 0 Å². The average molecular weight is 225 g/mol. The molecule has 0 bridgehead atoms. The van der Waals surface area contributed by atoms with Gasteiger partial charge in [0.2, 0.25) is 0 Å². The summed E-state index contributed by atoms with van der Waals surface area (Å²) >= 11 is 0. The summed E-state index contributed by atoms with van der Waals surface area (Å²) in [6.45, 7) is 1.46. The fourth-order valence-corrected chi connectivity index (χ4v) is 1.74. The molecule has 0 N–H and O–H groups in total. The maximum atomic E-state index is 13.1. The molecule has 0 aromatic heterocycles. The van der Waals surface area contributed by atoms with Crippen molar-refractivity contribution in [3.05, 3.63) is 34.9 Å². The molecule has 0 saturated carbocycles. The molecule has 0 aliphatic rings. The van der Waals surface area contributed by atoms with E-state index < -0.39 is 21.6 Å². The molecule has 0 aliphatic carbocycles. The van der Waals surface area contributed by atoms with E-state index in [4.69, 9.17) is 10.7 Å². The normalized spacial score (nSPS) is 12.9. The number of hydrogen-bond donors (Lipinski definition) is 0. The van der Waals surface area contributed by atoms with Gasteiger partial charge in [-0.1, -0.05) is 12.1 Å². The van der Waals surface area contributed by atoms with Crippen LogP contribution in [0.2, 0.25) is 0 Å². The zero-order chi connectivity index (χ0) is 10.0. The van der Waals surface area contributed by atoms with Crippen molar-refractivity contribution in [2.75, 3.05) is 0 Å². The summed E-state index contributed by atoms with van der Waals surface area (Å²) in [6.07, 6.45) is 0. The van der Waals surface area contributed by atoms with Crippen molar-refractivity contribution in [2.24, 2.45) is 0 Å². The standard InChI is InChI=1S/C8H7ClF2OS/c1-5-2-3-6(4-13(9)12)8(11)7(5)10/h2-3H,4H2,1H3. The van der Waals surface area contributed by atoms with E-state index in [9.17, 15) is 13.0 Å². The highest BCUT2D eigenvalue weighted by Crippen LogP contribution is 2.17. The van der Waals surface area contributed by atoms with E-state index in [2.05, 4.69) is 0 Å². The smallest absolute Gasteiger partial charge is 0.163 e. The van der Waals surface area contributed by atoms with Crippen LogP contribution in [0.4, 0.5) is 8.78 Å². The molecule has 0 amide bonds. The number of halogens is 3. The number of aryl methyl sites for hydroxylation is 1. The summed E-state index contributed by atoms with van der Waals surface area (Å²) in [5, 5.41) is 0. The predicted molar refractivity (Wildman–Crippen MR) is 48.8 cm³/mol. The highest BCUT2D eigenvalue weighted by Gasteiger charge is 2.11. The van der Waals surface area contributed by atoms with Crippen molar-refractivity contribution in [3.63, 3.8) is 0 Å². The predicted octanol–water partition coefficient (Wildman–Crippen LogP) is 2.68. The van der Waals surface area contributed by atoms with Crippen molar-refractivity contribution in [2.45, 2.75) is 12.7 Å². The lowest BCUT2D eigenvalue weighted by atomic mass is 10.1. The number of hydrogen-bond acceptors (Lipinski definition) is 1. The third-order valence-electron chi connectivity index (χ3n) is 1.62. The minimum Gasteiger partial charge on any atom is -0.242 e. The van der Waals surface area contributed by atoms with Crippen LogP contribution in [0.1, 0.15) is 11.1 Å². The summed E-state index contributed by atoms with van der Waals surface area (Å²) in [6, 6.07) is 2.81. The summed E-state index contributed by atoms with van der Waals surface area (Å²) in [5.74, 6) is -2.04. The van der Waals surface area contributed by atoms with Crippen molar-refractivity contribution in [1.29, 1.82) is 0 Å². The van der Waals surface area contributed by atoms with Crippen LogP contribution in [0.25, 0.3) is 0 Å². The molecule has 0 saturated heterocycles. The maximum Gasteiger partial charge on any atom is 0.163 e. The molecule has 72 valence electrons. The van der Waals surface area contributed by atoms with Gasteiger partial charge >= 0.3 is 0 Å². The monoisotopic (exact) mass is 224 g/mol. The molecular formula is C8H7ClF2OS. The average Bonchev–Trinajstić information content (AvgIpc) is 2.06. The largest absolute Gasteiger partial charge is 0.242 e. The Morgan fingerprint density at radius 1 is 1.38 bits per heavy atom. The molecular weight excluding hydrogens is 218 g/mol. The Hall–Kier alpha value is -0.480. The third kappa shape index (κ3) is 2.48. The first-order chi connectivity index (χ1) is 6.02. The molecule has 0 fully saturated rings. The first-order valence-corrected chi connectivity index (χ1v) is 5.65. The Morgan fingerprint density at radius 2 is 2.00 bits per heavy atom. The van der Waals surface area contributed by atoms with Crippen LogP contribution in [0.5, 0.6) is 0 Å². The van der Waals surface area contributed by atoms with Crippen LogP contribution < -0.4 is 0 Å². The Balaban J connectivity index is 3.10. The van der Waals surface area contributed by atoms with Crippen LogP contribution in [0, 0.1) is 18.6 Å². The number of benzene rings is 1. The first-order valence-electron chi connectivity index (χ1n) is 3.50. The molecule has 1 aromatic rings. The minimum atomic E-state index is -1.68. The van der Waals surface area contributed by atoms with E-state index in [1.165, 1.54) is 19.1 Å². The van der Waals surface area contributed by atoms with E-state index >= 15 is 0 Å². The molecule has 1 nitrogen and oxygen atoms in total. The van der Waals surface area contributed by atoms with E-state index in [0.29, 0.717) is 0 Å². The van der Waals surface area contributed by atoms with E-state index in [-0.39, 0.29) is 16.9 Å². The Kier molecular flexibility index (Phi) is 3.39. The van der Waals surface area contributed by atoms with Crippen LogP contribution >= 0.6 is 10.7 Å². The van der Waals surface area contributed by atoms with Crippen molar-refractivity contribution in [3.8, 4) is 0 Å². The van der Waals surface area contributed by atoms with E-state index in [1.807, 2.05) is 0 Å². The molecule has 1 atom stereocenters. The van der Waals surface area contributed by atoms with E-state index in [0.717, 1.165) is 0 Å². The van der Waals surface area contributed by atoms with Gasteiger partial charge in [0.25, 0.3) is 0 Å². The van der Waals surface area contributed by atoms with Gasteiger partial charge in [-0.3, -0.25) is 0 Å². The quantitative estimate of drug-likeness (QED) is 0.706. The zero-order valence-electron chi connectivity index (χ0n) is 6.81. The summed E-state index contributed by atoms with van der Waals surface area (Å²) in [4.78, 5) is 0. The minimum absolute atomic E-state index is 0.0384. The Bertz CT molecular complexity index is 354. The molecule has 0 radical (unpaired) electrons. The molecule has 0 spiro atoms. The van der Waals surface area contributed by atoms with Gasteiger partial charge in [-0.25, -0.2) is 13.0 Å². The van der Waals surface area contributed by atoms with Gasteiger partial charge in [-0.2, -0.15) is 0 Å². The SMILES string of the molecule is Cc1ccc(CS(=O)Cl)c(F)c1F. The van der Waals surface area contributed by atoms with Gasteiger partial charge in [-0.15, -0.1) is 0 Å². The van der Waals surface area contributed by atoms with Crippen LogP contribution in [-0.4, -0.2) is 4.21 Å². The molecule has 1 aromatic carbocycles. The Morgan fingerprint density at radius 3 is 2.54 bits per heavy atom. The van der Waals surface area contributed by atoms with Gasteiger partial charge in [-0.05, 0) is 23.2 Å². The highest BCUT2D eigenvalue weighted by molar-refractivity contribution is 8.07. The van der Waals surface area contributed by atoms with Gasteiger partial charge in [0.15, 0.2) is 11.6 Å². The van der Waals surface area contributed by atoms with Gasteiger partial charge in [0, 0.05) is 5.56 Å². The first kappa shape index (κ1) is 10.6. The lowest BCUT2D eigenvalue weighted by molar-refractivity contribution is 0.497. The fourth-order valence-electron chi connectivity index (χ4n) is 0.920. The second-order valence-electron chi connectivity index (χ2n) is 2.60. The van der Waals surface area contributed by atoms with Crippen LogP contribution in [0.15, 0.2) is 12.1 Å². The molecule has 0 aliphatic heterocycles. The third-order valence-corrected chi connectivity index (χ3v) is 2.49. The summed E-state index contributed by atoms with van der Waals surface area (Å²) in [5.41, 5.74) is 0.262. The topological polar surface area (TPSA) is 17.1 Å². The Labute approximate surface area is 81.7 Å². The van der Waals surface area contributed by atoms with Crippen molar-refractivity contribution < 1.29 is 13.0 Å². The molecule has 13 heavy (non-hydrogen) atoms. The molecule has 5 heteroatoms. The lowest BCUT2D eigenvalue weighted by Gasteiger charge is -2.02. The van der Waals surface area contributed by atoms with Crippen molar-refractivity contribution >= 4 is 20.7 Å². The summed E-state index contributed by atoms with van der Waals surface area (Å²) < 4.78 is 36.5. The summed E-state index contributed by atoms with van der Waals surface area (Å²) in [7, 11) is 3.48. The molecule has 1 unspecified atom stereocenters. The van der Waals surface area contributed by atoms with Crippen LogP contribution in [0.3, 0.4) is 0 Å². The zero-order valence-corrected chi connectivity index (χ0v) is 8.38. The van der Waals surface area contributed by atoms with Gasteiger partial charge in [0.05, 0.1) is 5.75 Å². The fraction of sp³-hybridized carbons (Fsp3) is 0.250. The van der Waals surface area contributed by atoms with Crippen molar-refractivity contribution in [1.82, 2.24) is 0 Å². The van der Waals surface area contributed by atoms with Gasteiger partial charge in [0.1, 0.15) is 10.0 Å². The maximum absolute atomic E-state index is 13.1. The second-order valence-corrected chi connectivity index (χ2v) is 4.51. The number of rotatable bonds is 2. The van der Waals surface area contributed by atoms with Crippen LogP contribution in [-0.2, 0) is 15.8 Å². The van der Waals surface area contributed by atoms with E-state index in [1.54, 1.807) is 0 Å². The molecule has 0 heterocycles. The highest BCUT2D eigenvalue weighted by atomic mass is 35.7.